The topological polar surface area (TPSA) is 136 Å². The van der Waals surface area contributed by atoms with Gasteiger partial charge in [-0.15, -0.1) is 0 Å². The van der Waals surface area contributed by atoms with Crippen LogP contribution >= 0.6 is 0 Å². The number of urea groups is 1. The van der Waals surface area contributed by atoms with Crippen molar-refractivity contribution in [2.24, 2.45) is 5.92 Å². The van der Waals surface area contributed by atoms with E-state index in [2.05, 4.69) is 33.3 Å². The van der Waals surface area contributed by atoms with Crippen LogP contribution in [0.15, 0.2) is 36.4 Å². The summed E-state index contributed by atoms with van der Waals surface area (Å²) < 4.78 is 0. The molecule has 4 rings (SSSR count). The first-order valence-corrected chi connectivity index (χ1v) is 10.8. The summed E-state index contributed by atoms with van der Waals surface area (Å²) in [5.74, 6) is -1.09. The number of imide groups is 1. The van der Waals surface area contributed by atoms with Gasteiger partial charge in [-0.25, -0.2) is 4.79 Å². The van der Waals surface area contributed by atoms with Crippen LogP contribution in [0.25, 0.3) is 11.3 Å². The van der Waals surface area contributed by atoms with Crippen molar-refractivity contribution in [1.29, 1.82) is 0 Å². The van der Waals surface area contributed by atoms with Crippen LogP contribution in [0.3, 0.4) is 0 Å². The van der Waals surface area contributed by atoms with E-state index in [1.807, 2.05) is 30.3 Å². The highest BCUT2D eigenvalue weighted by molar-refractivity contribution is 6.09. The third-order valence-electron chi connectivity index (χ3n) is 6.29. The Kier molecular flexibility index (Phi) is 5.93. The number of nitrogens with one attached hydrogen (secondary N) is 4. The highest BCUT2D eigenvalue weighted by Gasteiger charge is 2.52. The number of hydrogen-bond acceptors (Lipinski definition) is 5. The zero-order chi connectivity index (χ0) is 22.7. The van der Waals surface area contributed by atoms with Gasteiger partial charge in [-0.3, -0.25) is 35.2 Å². The average molecular weight is 438 g/mol. The van der Waals surface area contributed by atoms with Crippen molar-refractivity contribution in [2.75, 3.05) is 6.54 Å². The molecule has 1 spiro atoms. The maximum atomic E-state index is 12.9. The van der Waals surface area contributed by atoms with Gasteiger partial charge >= 0.3 is 6.03 Å². The Balaban J connectivity index is 1.30. The maximum absolute atomic E-state index is 12.9. The van der Waals surface area contributed by atoms with Gasteiger partial charge in [0.2, 0.25) is 0 Å². The fourth-order valence-electron chi connectivity index (χ4n) is 4.31. The number of amides is 5. The largest absolute Gasteiger partial charge is 0.325 e. The molecule has 2 aromatic rings. The van der Waals surface area contributed by atoms with E-state index in [1.165, 1.54) is 0 Å². The second kappa shape index (κ2) is 8.81. The normalized spacial score (nSPS) is 22.7. The highest BCUT2D eigenvalue weighted by Crippen LogP contribution is 2.37. The third kappa shape index (κ3) is 4.20. The average Bonchev–Trinajstić information content (AvgIpc) is 3.39. The molecular weight excluding hydrogens is 412 g/mol. The maximum Gasteiger partial charge on any atom is 0.325 e. The monoisotopic (exact) mass is 438 g/mol. The van der Waals surface area contributed by atoms with Crippen LogP contribution in [0.5, 0.6) is 0 Å². The number of aromatic nitrogens is 2. The SMILES string of the molecule is CCC1CCC2(CC1)NC(=O)N(CC(=O)NNC(=O)c1cc(-c3ccccc3)n[nH]1)C2=O. The fraction of sp³-hybridized carbons (Fsp3) is 0.409. The van der Waals surface area contributed by atoms with E-state index in [9.17, 15) is 19.2 Å². The molecule has 1 aromatic heterocycles. The van der Waals surface area contributed by atoms with E-state index in [-0.39, 0.29) is 11.6 Å². The van der Waals surface area contributed by atoms with Crippen molar-refractivity contribution in [3.8, 4) is 11.3 Å². The fourth-order valence-corrected chi connectivity index (χ4v) is 4.31. The molecule has 2 heterocycles. The first-order chi connectivity index (χ1) is 15.4. The molecule has 2 fully saturated rings. The zero-order valence-corrected chi connectivity index (χ0v) is 17.8. The van der Waals surface area contributed by atoms with Gasteiger partial charge in [0.15, 0.2) is 0 Å². The Labute approximate surface area is 185 Å². The molecule has 0 atom stereocenters. The van der Waals surface area contributed by atoms with E-state index < -0.39 is 29.9 Å². The standard InChI is InChI=1S/C22H26N6O4/c1-2-14-8-10-22(11-9-14)20(31)28(21(32)23-22)13-18(29)26-27-19(30)17-12-16(24-25-17)15-6-4-3-5-7-15/h3-7,12,14H,2,8-11,13H2,1H3,(H,23,32)(H,24,25)(H,26,29)(H,27,30). The molecule has 0 radical (unpaired) electrons. The van der Waals surface area contributed by atoms with E-state index >= 15 is 0 Å². The van der Waals surface area contributed by atoms with Gasteiger partial charge in [0, 0.05) is 5.56 Å². The minimum Gasteiger partial charge on any atom is -0.323 e. The number of carbonyl (C=O) groups is 4. The lowest BCUT2D eigenvalue weighted by molar-refractivity contribution is -0.136. The molecule has 32 heavy (non-hydrogen) atoms. The van der Waals surface area contributed by atoms with Gasteiger partial charge in [0.05, 0.1) is 5.69 Å². The number of H-pyrrole nitrogens is 1. The van der Waals surface area contributed by atoms with Crippen molar-refractivity contribution in [3.63, 3.8) is 0 Å². The van der Waals surface area contributed by atoms with Gasteiger partial charge in [0.25, 0.3) is 17.7 Å². The number of carbonyl (C=O) groups excluding carboxylic acids is 4. The van der Waals surface area contributed by atoms with Crippen LogP contribution in [0.1, 0.15) is 49.5 Å². The van der Waals surface area contributed by atoms with Crippen LogP contribution < -0.4 is 16.2 Å². The molecule has 2 aliphatic rings. The summed E-state index contributed by atoms with van der Waals surface area (Å²) in [5.41, 5.74) is 5.20. The number of rotatable bonds is 5. The first-order valence-electron chi connectivity index (χ1n) is 10.8. The lowest BCUT2D eigenvalue weighted by Crippen LogP contribution is -2.51. The lowest BCUT2D eigenvalue weighted by Gasteiger charge is -2.34. The van der Waals surface area contributed by atoms with Crippen molar-refractivity contribution < 1.29 is 19.2 Å². The molecule has 0 bridgehead atoms. The Morgan fingerprint density at radius 3 is 2.56 bits per heavy atom. The number of benzene rings is 1. The molecule has 1 aliphatic carbocycles. The highest BCUT2D eigenvalue weighted by atomic mass is 16.2. The summed E-state index contributed by atoms with van der Waals surface area (Å²) in [7, 11) is 0. The van der Waals surface area contributed by atoms with Crippen molar-refractivity contribution in [2.45, 2.75) is 44.6 Å². The summed E-state index contributed by atoms with van der Waals surface area (Å²) in [6.07, 6.45) is 3.94. The number of hydrogen-bond donors (Lipinski definition) is 4. The molecule has 10 nitrogen and oxygen atoms in total. The Morgan fingerprint density at radius 2 is 1.88 bits per heavy atom. The van der Waals surface area contributed by atoms with Gasteiger partial charge in [0.1, 0.15) is 17.8 Å². The van der Waals surface area contributed by atoms with Crippen molar-refractivity contribution in [3.05, 3.63) is 42.1 Å². The predicted molar refractivity (Wildman–Crippen MR) is 115 cm³/mol. The predicted octanol–water partition coefficient (Wildman–Crippen LogP) is 1.73. The van der Waals surface area contributed by atoms with Crippen LogP contribution in [-0.2, 0) is 9.59 Å². The molecule has 1 saturated carbocycles. The minimum absolute atomic E-state index is 0.158. The smallest absolute Gasteiger partial charge is 0.323 e. The van der Waals surface area contributed by atoms with Crippen LogP contribution in [0, 0.1) is 5.92 Å². The first kappa shape index (κ1) is 21.5. The molecule has 0 unspecified atom stereocenters. The van der Waals surface area contributed by atoms with Crippen LogP contribution in [0.2, 0.25) is 0 Å². The molecule has 1 saturated heterocycles. The molecule has 4 N–H and O–H groups in total. The Morgan fingerprint density at radius 1 is 1.16 bits per heavy atom. The lowest BCUT2D eigenvalue weighted by atomic mass is 9.75. The van der Waals surface area contributed by atoms with Crippen LogP contribution in [-0.4, -0.2) is 50.9 Å². The number of nitrogens with zero attached hydrogens (tertiary/aromatic N) is 2. The molecule has 168 valence electrons. The summed E-state index contributed by atoms with van der Waals surface area (Å²) in [6, 6.07) is 10.3. The number of hydrazine groups is 1. The Bertz CT molecular complexity index is 1030. The third-order valence-corrected chi connectivity index (χ3v) is 6.29. The molecule has 1 aliphatic heterocycles. The van der Waals surface area contributed by atoms with Crippen molar-refractivity contribution in [1.82, 2.24) is 31.3 Å². The molecular formula is C22H26N6O4. The summed E-state index contributed by atoms with van der Waals surface area (Å²) in [6.45, 7) is 1.65. The second-order valence-corrected chi connectivity index (χ2v) is 8.29. The zero-order valence-electron chi connectivity index (χ0n) is 17.8. The number of aromatic amines is 1. The van der Waals surface area contributed by atoms with Gasteiger partial charge in [-0.2, -0.15) is 5.10 Å². The van der Waals surface area contributed by atoms with E-state index in [0.29, 0.717) is 24.5 Å². The molecule has 10 heteroatoms. The molecule has 1 aromatic carbocycles. The quantitative estimate of drug-likeness (QED) is 0.416. The van der Waals surface area contributed by atoms with Crippen LogP contribution in [0.4, 0.5) is 4.79 Å². The summed E-state index contributed by atoms with van der Waals surface area (Å²) in [4.78, 5) is 50.8. The Hall–Kier alpha value is -3.69. The van der Waals surface area contributed by atoms with Gasteiger partial charge in [-0.1, -0.05) is 43.7 Å². The van der Waals surface area contributed by atoms with Crippen molar-refractivity contribution >= 4 is 23.8 Å². The second-order valence-electron chi connectivity index (χ2n) is 8.29. The van der Waals surface area contributed by atoms with E-state index in [4.69, 9.17) is 0 Å². The van der Waals surface area contributed by atoms with Gasteiger partial charge < -0.3 is 5.32 Å². The van der Waals surface area contributed by atoms with E-state index in [0.717, 1.165) is 29.7 Å². The summed E-state index contributed by atoms with van der Waals surface area (Å²) in [5, 5.41) is 9.50. The minimum atomic E-state index is -0.907. The summed E-state index contributed by atoms with van der Waals surface area (Å²) >= 11 is 0. The van der Waals surface area contributed by atoms with E-state index in [1.54, 1.807) is 6.07 Å². The molecule has 5 amide bonds. The van der Waals surface area contributed by atoms with Gasteiger partial charge in [-0.05, 0) is 37.7 Å².